The molecule has 2 aliphatic rings. The van der Waals surface area contributed by atoms with E-state index in [1.54, 1.807) is 33.8 Å². The third-order valence-electron chi connectivity index (χ3n) is 11.0. The highest BCUT2D eigenvalue weighted by molar-refractivity contribution is 9.10. The standard InChI is InChI=1S/C24H27NO5.C14H14BrNO.C11H16O3/c1-4-29-23(28)24(13-10-20(27)11-14-24)12-9-18-5-6-19-7-8-21(25-22(19)15-18)16(2)30-17(3)26;1-9(7-10(2)17)13-6-4-11-3-5-12(15)8-14(11)16-13;1-3-11(10(13)14-4-2)7-5-9(12)6-8-11/h5-9,12,15-16H,4,10-11,13-14H2,1-3H3;3-6,8-9H,7H2,1-2H3;3H,1,4-8H2,2H3/b12-9+;;/t16-;9-;/m10./s1. The summed E-state index contributed by atoms with van der Waals surface area (Å²) in [6, 6.07) is 19.7. The van der Waals surface area contributed by atoms with Crippen LogP contribution >= 0.6 is 15.9 Å². The minimum atomic E-state index is -0.766. The summed E-state index contributed by atoms with van der Waals surface area (Å²) in [5.74, 6) is -0.0621. The Balaban J connectivity index is 0.000000223. The smallest absolute Gasteiger partial charge is 0.315 e. The van der Waals surface area contributed by atoms with Gasteiger partial charge in [-0.15, -0.1) is 6.58 Å². The highest BCUT2D eigenvalue weighted by Gasteiger charge is 2.41. The predicted octanol–water partition coefficient (Wildman–Crippen LogP) is 10.5. The quantitative estimate of drug-likeness (QED) is 0.0757. The SMILES string of the molecule is C=CC1(C(=O)OCC)CCC(=O)CC1.CC(=O)C[C@H](C)c1ccc2ccc(Br)cc2n1.CCOC(=O)C1(/C=C/c2ccc3ccc([C@@H](C)OC(C)=O)nc3c2)CCC(=O)CC1. The Bertz CT molecular complexity index is 2260. The summed E-state index contributed by atoms with van der Waals surface area (Å²) in [4.78, 5) is 78.6. The van der Waals surface area contributed by atoms with Gasteiger partial charge in [0.15, 0.2) is 0 Å². The summed E-state index contributed by atoms with van der Waals surface area (Å²) in [6.45, 7) is 14.7. The number of esters is 3. The van der Waals surface area contributed by atoms with Gasteiger partial charge in [0.05, 0.1) is 40.8 Å². The lowest BCUT2D eigenvalue weighted by Gasteiger charge is -2.31. The molecule has 2 saturated carbocycles. The number of aromatic nitrogens is 2. The van der Waals surface area contributed by atoms with Gasteiger partial charge in [0.1, 0.15) is 23.5 Å². The van der Waals surface area contributed by atoms with E-state index in [0.29, 0.717) is 76.7 Å². The Morgan fingerprint density at radius 3 is 1.77 bits per heavy atom. The van der Waals surface area contributed by atoms with Gasteiger partial charge in [-0.25, -0.2) is 4.98 Å². The number of nitrogens with zero attached hydrogens (tertiary/aromatic N) is 2. The lowest BCUT2D eigenvalue weighted by atomic mass is 9.73. The molecule has 0 aliphatic heterocycles. The van der Waals surface area contributed by atoms with Crippen LogP contribution in [0.15, 0.2) is 83.9 Å². The average molecular weight is 898 g/mol. The van der Waals surface area contributed by atoms with Crippen molar-refractivity contribution in [2.45, 2.75) is 111 Å². The summed E-state index contributed by atoms with van der Waals surface area (Å²) in [6.07, 6.45) is 9.27. The lowest BCUT2D eigenvalue weighted by molar-refractivity contribution is -0.155. The van der Waals surface area contributed by atoms with Crippen LogP contribution in [0.4, 0.5) is 0 Å². The molecule has 6 rings (SSSR count). The van der Waals surface area contributed by atoms with Crippen LogP contribution in [0.2, 0.25) is 0 Å². The molecule has 0 radical (unpaired) electrons. The number of carbonyl (C=O) groups is 6. The molecule has 0 amide bonds. The van der Waals surface area contributed by atoms with Crippen LogP contribution in [-0.4, -0.2) is 58.4 Å². The van der Waals surface area contributed by atoms with E-state index < -0.39 is 16.9 Å². The van der Waals surface area contributed by atoms with Crippen molar-refractivity contribution in [1.82, 2.24) is 9.97 Å². The molecule has 0 unspecified atom stereocenters. The maximum Gasteiger partial charge on any atom is 0.315 e. The second kappa shape index (κ2) is 22.5. The molecule has 0 N–H and O–H groups in total. The van der Waals surface area contributed by atoms with Crippen LogP contribution in [0.25, 0.3) is 27.9 Å². The Morgan fingerprint density at radius 2 is 1.23 bits per heavy atom. The zero-order valence-electron chi connectivity index (χ0n) is 36.1. The van der Waals surface area contributed by atoms with Crippen LogP contribution in [0.3, 0.4) is 0 Å². The molecule has 2 atom stereocenters. The Kier molecular flexibility index (Phi) is 17.8. The number of pyridine rings is 2. The van der Waals surface area contributed by atoms with E-state index in [0.717, 1.165) is 37.5 Å². The average Bonchev–Trinajstić information content (AvgIpc) is 3.23. The first kappa shape index (κ1) is 48.3. The summed E-state index contributed by atoms with van der Waals surface area (Å²) >= 11 is 3.44. The first-order chi connectivity index (χ1) is 29.0. The van der Waals surface area contributed by atoms with E-state index >= 15 is 0 Å². The number of ether oxygens (including phenoxy) is 3. The van der Waals surface area contributed by atoms with E-state index in [1.807, 2.05) is 73.7 Å². The van der Waals surface area contributed by atoms with E-state index in [2.05, 4.69) is 38.5 Å². The molecule has 4 aromatic rings. The third-order valence-corrected chi connectivity index (χ3v) is 11.5. The second-order valence-corrected chi connectivity index (χ2v) is 16.6. The number of hydrogen-bond donors (Lipinski definition) is 0. The minimum Gasteiger partial charge on any atom is -0.465 e. The highest BCUT2D eigenvalue weighted by Crippen LogP contribution is 2.39. The van der Waals surface area contributed by atoms with Gasteiger partial charge in [-0.2, -0.15) is 0 Å². The summed E-state index contributed by atoms with van der Waals surface area (Å²) in [5, 5.41) is 2.08. The summed E-state index contributed by atoms with van der Waals surface area (Å²) in [5.41, 5.74) is 2.92. The number of carbonyl (C=O) groups excluding carboxylic acids is 6. The Morgan fingerprint density at radius 1 is 0.738 bits per heavy atom. The van der Waals surface area contributed by atoms with Gasteiger partial charge in [-0.05, 0) is 89.3 Å². The lowest BCUT2D eigenvalue weighted by Crippen LogP contribution is -2.35. The van der Waals surface area contributed by atoms with Crippen molar-refractivity contribution in [3.8, 4) is 0 Å². The van der Waals surface area contributed by atoms with Crippen molar-refractivity contribution in [3.63, 3.8) is 0 Å². The molecule has 11 nitrogen and oxygen atoms in total. The van der Waals surface area contributed by atoms with Gasteiger partial charge in [-0.1, -0.05) is 71.4 Å². The molecule has 61 heavy (non-hydrogen) atoms. The number of Topliss-reactive ketones (excluding diaryl/α,β-unsaturated/α-hetero) is 3. The van der Waals surface area contributed by atoms with Crippen molar-refractivity contribution in [3.05, 3.63) is 101 Å². The Labute approximate surface area is 366 Å². The Hall–Kier alpha value is -5.36. The molecule has 324 valence electrons. The molecule has 0 bridgehead atoms. The maximum absolute atomic E-state index is 12.6. The third kappa shape index (κ3) is 13.6. The minimum absolute atomic E-state index is 0.177. The van der Waals surface area contributed by atoms with Gasteiger partial charge >= 0.3 is 17.9 Å². The number of benzene rings is 2. The largest absolute Gasteiger partial charge is 0.465 e. The maximum atomic E-state index is 12.6. The zero-order valence-corrected chi connectivity index (χ0v) is 37.7. The molecule has 2 heterocycles. The van der Waals surface area contributed by atoms with E-state index in [9.17, 15) is 28.8 Å². The molecule has 2 fully saturated rings. The summed E-state index contributed by atoms with van der Waals surface area (Å²) < 4.78 is 16.5. The topological polar surface area (TPSA) is 156 Å². The number of ketones is 3. The van der Waals surface area contributed by atoms with Crippen LogP contribution in [-0.2, 0) is 43.0 Å². The predicted molar refractivity (Wildman–Crippen MR) is 239 cm³/mol. The van der Waals surface area contributed by atoms with Gasteiger partial charge in [-0.3, -0.25) is 29.0 Å². The fourth-order valence-electron chi connectivity index (χ4n) is 7.39. The fraction of sp³-hybridized carbons (Fsp3) is 0.429. The van der Waals surface area contributed by atoms with Crippen molar-refractivity contribution in [2.75, 3.05) is 13.2 Å². The molecular formula is C49H57BrN2O9. The van der Waals surface area contributed by atoms with Gasteiger partial charge in [0, 0.05) is 65.9 Å². The molecule has 2 aromatic carbocycles. The van der Waals surface area contributed by atoms with Crippen LogP contribution in [0, 0.1) is 10.8 Å². The summed E-state index contributed by atoms with van der Waals surface area (Å²) in [7, 11) is 0. The molecule has 0 saturated heterocycles. The van der Waals surface area contributed by atoms with Crippen molar-refractivity contribution >= 4 is 79.1 Å². The molecular weight excluding hydrogens is 840 g/mol. The normalized spacial score (nSPS) is 16.6. The number of fused-ring (bicyclic) bond motifs is 2. The van der Waals surface area contributed by atoms with E-state index in [1.165, 1.54) is 6.92 Å². The molecule has 2 aromatic heterocycles. The number of rotatable bonds is 12. The van der Waals surface area contributed by atoms with Gasteiger partial charge in [0.2, 0.25) is 0 Å². The van der Waals surface area contributed by atoms with Crippen LogP contribution < -0.4 is 0 Å². The van der Waals surface area contributed by atoms with E-state index in [4.69, 9.17) is 14.2 Å². The first-order valence-corrected chi connectivity index (χ1v) is 21.7. The van der Waals surface area contributed by atoms with Crippen molar-refractivity contribution in [1.29, 1.82) is 0 Å². The number of hydrogen-bond acceptors (Lipinski definition) is 11. The van der Waals surface area contributed by atoms with Crippen molar-refractivity contribution < 1.29 is 43.0 Å². The van der Waals surface area contributed by atoms with Crippen LogP contribution in [0.5, 0.6) is 0 Å². The van der Waals surface area contributed by atoms with Gasteiger partial charge < -0.3 is 19.0 Å². The van der Waals surface area contributed by atoms with Gasteiger partial charge in [0.25, 0.3) is 0 Å². The number of halogens is 1. The molecule has 2 aliphatic carbocycles. The highest BCUT2D eigenvalue weighted by atomic mass is 79.9. The van der Waals surface area contributed by atoms with E-state index in [-0.39, 0.29) is 41.2 Å². The van der Waals surface area contributed by atoms with Crippen molar-refractivity contribution in [2.24, 2.45) is 10.8 Å². The molecule has 0 spiro atoms. The molecule has 12 heteroatoms. The zero-order chi connectivity index (χ0) is 44.7. The monoisotopic (exact) mass is 896 g/mol. The first-order valence-electron chi connectivity index (χ1n) is 20.9. The van der Waals surface area contributed by atoms with Crippen LogP contribution in [0.1, 0.15) is 128 Å². The second-order valence-electron chi connectivity index (χ2n) is 15.7. The fourth-order valence-corrected chi connectivity index (χ4v) is 7.74.